The van der Waals surface area contributed by atoms with Gasteiger partial charge in [-0.15, -0.1) is 0 Å². The topological polar surface area (TPSA) is 66.8 Å². The lowest BCUT2D eigenvalue weighted by molar-refractivity contribution is 1.04. The highest BCUT2D eigenvalue weighted by atomic mass is 32.2. The molecular weight excluding hydrogens is 633 g/mol. The summed E-state index contributed by atoms with van der Waals surface area (Å²) in [6.45, 7) is 0. The van der Waals surface area contributed by atoms with Crippen LogP contribution in [0.25, 0.3) is 67.5 Å². The van der Waals surface area contributed by atoms with Crippen LogP contribution in [0.4, 0.5) is 17.1 Å². The maximum atomic E-state index is 5.22. The van der Waals surface area contributed by atoms with Crippen LogP contribution in [0.1, 0.15) is 0 Å². The Morgan fingerprint density at radius 2 is 1.06 bits per heavy atom. The maximum absolute atomic E-state index is 5.22. The van der Waals surface area contributed by atoms with Gasteiger partial charge in [0.25, 0.3) is 0 Å². The molecule has 0 spiro atoms. The monoisotopic (exact) mass is 660 g/mol. The summed E-state index contributed by atoms with van der Waals surface area (Å²) < 4.78 is 0. The van der Waals surface area contributed by atoms with E-state index in [0.717, 1.165) is 55.8 Å². The molecule has 8 aromatic rings. The normalized spacial score (nSPS) is 14.2. The van der Waals surface area contributed by atoms with Crippen molar-refractivity contribution >= 4 is 39.7 Å². The number of nitrogens with zero attached hydrogens (tertiary/aromatic N) is 5. The largest absolute Gasteiger partial charge is 0.354 e. The van der Waals surface area contributed by atoms with Crippen LogP contribution in [0.5, 0.6) is 0 Å². The molecule has 1 unspecified atom stereocenters. The second-order valence-electron chi connectivity index (χ2n) is 12.3. The lowest BCUT2D eigenvalue weighted by Crippen LogP contribution is -2.24. The Morgan fingerprint density at radius 3 is 1.76 bits per heavy atom. The number of hydrogen-bond acceptors (Lipinski definition) is 7. The molecule has 0 bridgehead atoms. The number of anilines is 3. The minimum Gasteiger partial charge on any atom is -0.354 e. The van der Waals surface area contributed by atoms with E-state index in [4.69, 9.17) is 19.9 Å². The Balaban J connectivity index is 1.09. The second-order valence-corrected chi connectivity index (χ2v) is 13.4. The first-order valence-corrected chi connectivity index (χ1v) is 17.5. The number of thioether (sulfide) groups is 1. The molecule has 10 rings (SSSR count). The van der Waals surface area contributed by atoms with Crippen molar-refractivity contribution in [2.75, 3.05) is 10.2 Å². The molecule has 236 valence electrons. The van der Waals surface area contributed by atoms with Crippen molar-refractivity contribution in [3.05, 3.63) is 158 Å². The predicted octanol–water partition coefficient (Wildman–Crippen LogP) is 10.7. The first kappa shape index (κ1) is 28.7. The molecular formula is C43H28N6S. The van der Waals surface area contributed by atoms with Gasteiger partial charge in [-0.25, -0.2) is 19.9 Å². The lowest BCUT2D eigenvalue weighted by Gasteiger charge is -2.21. The molecule has 2 aromatic heterocycles. The Kier molecular flexibility index (Phi) is 6.70. The zero-order valence-corrected chi connectivity index (χ0v) is 27.5. The Bertz CT molecular complexity index is 2500. The standard InChI is InChI=1S/C43H28N6S/c1-4-14-27(15-5-1)36-38-37(33-22-10-11-24-34(33)44-36)45-43-49(38)35-25-13-23-32(39(35)50-43)30-20-12-21-31(26-30)42-47-40(28-16-6-2-7-17-28)46-41(48-42)29-18-8-3-9-19-29/h1-26,43,45H. The quantitative estimate of drug-likeness (QED) is 0.197. The SMILES string of the molecule is c1ccc(-c2nc(-c3ccccc3)nc(-c3cccc(-c4cccc5c4SC4Nc6c(c(-c7ccccc7)nc7ccccc67)N54)c3)n2)cc1. The molecule has 7 heteroatoms. The summed E-state index contributed by atoms with van der Waals surface area (Å²) in [5, 5.41) is 5.01. The number of fused-ring (bicyclic) bond motifs is 7. The van der Waals surface area contributed by atoms with Crippen molar-refractivity contribution in [1.82, 2.24) is 19.9 Å². The van der Waals surface area contributed by atoms with E-state index in [-0.39, 0.29) is 5.50 Å². The molecule has 2 aliphatic heterocycles. The Labute approximate surface area is 293 Å². The van der Waals surface area contributed by atoms with E-state index < -0.39 is 0 Å². The summed E-state index contributed by atoms with van der Waals surface area (Å²) in [4.78, 5) is 23.7. The molecule has 0 aliphatic carbocycles. The van der Waals surface area contributed by atoms with Gasteiger partial charge in [-0.3, -0.25) is 0 Å². The van der Waals surface area contributed by atoms with Gasteiger partial charge in [0.1, 0.15) is 0 Å². The van der Waals surface area contributed by atoms with Gasteiger partial charge in [-0.1, -0.05) is 151 Å². The van der Waals surface area contributed by atoms with Crippen molar-refractivity contribution < 1.29 is 0 Å². The summed E-state index contributed by atoms with van der Waals surface area (Å²) in [5.74, 6) is 1.94. The first-order chi connectivity index (χ1) is 24.8. The molecule has 6 nitrogen and oxygen atoms in total. The van der Waals surface area contributed by atoms with Crippen LogP contribution in [0.15, 0.2) is 163 Å². The van der Waals surface area contributed by atoms with Crippen LogP contribution < -0.4 is 10.2 Å². The van der Waals surface area contributed by atoms with Crippen LogP contribution in [-0.2, 0) is 0 Å². The average molecular weight is 661 g/mol. The van der Waals surface area contributed by atoms with E-state index in [2.05, 4.69) is 107 Å². The number of benzene rings is 6. The van der Waals surface area contributed by atoms with Gasteiger partial charge >= 0.3 is 0 Å². The zero-order chi connectivity index (χ0) is 33.0. The van der Waals surface area contributed by atoms with Crippen LogP contribution in [0.3, 0.4) is 0 Å². The first-order valence-electron chi connectivity index (χ1n) is 16.6. The van der Waals surface area contributed by atoms with E-state index in [1.165, 1.54) is 16.1 Å². The smallest absolute Gasteiger partial charge is 0.164 e. The molecule has 0 amide bonds. The summed E-state index contributed by atoms with van der Waals surface area (Å²) in [5.41, 5.74) is 11.6. The lowest BCUT2D eigenvalue weighted by atomic mass is 10.0. The van der Waals surface area contributed by atoms with Crippen molar-refractivity contribution in [3.8, 4) is 56.5 Å². The fraction of sp³-hybridized carbons (Fsp3) is 0.0233. The highest BCUT2D eigenvalue weighted by molar-refractivity contribution is 8.00. The van der Waals surface area contributed by atoms with E-state index >= 15 is 0 Å². The average Bonchev–Trinajstić information content (AvgIpc) is 3.76. The minimum atomic E-state index is 0.00444. The van der Waals surface area contributed by atoms with Gasteiger partial charge in [0, 0.05) is 32.5 Å². The number of hydrogen-bond donors (Lipinski definition) is 1. The second kappa shape index (κ2) is 11.7. The number of para-hydroxylation sites is 1. The number of rotatable bonds is 5. The van der Waals surface area contributed by atoms with Gasteiger partial charge in [-0.2, -0.15) is 0 Å². The molecule has 0 fully saturated rings. The molecule has 4 heterocycles. The van der Waals surface area contributed by atoms with Crippen molar-refractivity contribution in [1.29, 1.82) is 0 Å². The van der Waals surface area contributed by atoms with Crippen LogP contribution >= 0.6 is 11.8 Å². The summed E-state index contributed by atoms with van der Waals surface area (Å²) in [6, 6.07) is 54.2. The van der Waals surface area contributed by atoms with E-state index in [1.807, 2.05) is 72.4 Å². The van der Waals surface area contributed by atoms with Gasteiger partial charge < -0.3 is 10.2 Å². The van der Waals surface area contributed by atoms with Crippen molar-refractivity contribution in [3.63, 3.8) is 0 Å². The third-order valence-electron chi connectivity index (χ3n) is 9.27. The van der Waals surface area contributed by atoms with Crippen LogP contribution in [0, 0.1) is 0 Å². The van der Waals surface area contributed by atoms with E-state index in [0.29, 0.717) is 17.5 Å². The van der Waals surface area contributed by atoms with Crippen LogP contribution in [-0.4, -0.2) is 25.4 Å². The molecule has 50 heavy (non-hydrogen) atoms. The third-order valence-corrected chi connectivity index (χ3v) is 10.5. The number of aromatic nitrogens is 4. The zero-order valence-electron chi connectivity index (χ0n) is 26.7. The number of nitrogens with one attached hydrogen (secondary N) is 1. The summed E-state index contributed by atoms with van der Waals surface area (Å²) in [7, 11) is 0. The van der Waals surface area contributed by atoms with Crippen molar-refractivity contribution in [2.24, 2.45) is 0 Å². The van der Waals surface area contributed by atoms with Crippen LogP contribution in [0.2, 0.25) is 0 Å². The molecule has 1 N–H and O–H groups in total. The van der Waals surface area contributed by atoms with Gasteiger partial charge in [-0.05, 0) is 29.3 Å². The van der Waals surface area contributed by atoms with Gasteiger partial charge in [0.2, 0.25) is 0 Å². The number of pyridine rings is 1. The highest BCUT2D eigenvalue weighted by Crippen LogP contribution is 2.59. The highest BCUT2D eigenvalue weighted by Gasteiger charge is 2.42. The third kappa shape index (κ3) is 4.74. The Morgan fingerprint density at radius 1 is 0.500 bits per heavy atom. The van der Waals surface area contributed by atoms with E-state index in [9.17, 15) is 0 Å². The molecule has 6 aromatic carbocycles. The summed E-state index contributed by atoms with van der Waals surface area (Å²) in [6.07, 6.45) is 0. The molecule has 0 saturated carbocycles. The minimum absolute atomic E-state index is 0.00444. The predicted molar refractivity (Wildman–Crippen MR) is 204 cm³/mol. The fourth-order valence-electron chi connectivity index (χ4n) is 6.95. The fourth-order valence-corrected chi connectivity index (χ4v) is 8.28. The van der Waals surface area contributed by atoms with E-state index in [1.54, 1.807) is 0 Å². The maximum Gasteiger partial charge on any atom is 0.164 e. The summed E-state index contributed by atoms with van der Waals surface area (Å²) >= 11 is 1.84. The van der Waals surface area contributed by atoms with Gasteiger partial charge in [0.05, 0.1) is 28.3 Å². The van der Waals surface area contributed by atoms with Gasteiger partial charge in [0.15, 0.2) is 23.0 Å². The Hall–Kier alpha value is -6.31. The molecule has 0 radical (unpaired) electrons. The van der Waals surface area contributed by atoms with Crippen molar-refractivity contribution in [2.45, 2.75) is 10.4 Å². The molecule has 0 saturated heterocycles. The molecule has 2 aliphatic rings. The molecule has 1 atom stereocenters.